The molecule has 0 spiro atoms. The van der Waals surface area contributed by atoms with Crippen molar-refractivity contribution in [2.24, 2.45) is 0 Å². The lowest BCUT2D eigenvalue weighted by Crippen LogP contribution is -2.14. The van der Waals surface area contributed by atoms with Crippen LogP contribution in [0.1, 0.15) is 10.4 Å². The van der Waals surface area contributed by atoms with Gasteiger partial charge >= 0.3 is 0 Å². The van der Waals surface area contributed by atoms with Crippen LogP contribution in [0.4, 0.5) is 5.82 Å². The minimum atomic E-state index is -0.124. The monoisotopic (exact) mass is 321 g/mol. The van der Waals surface area contributed by atoms with Gasteiger partial charge in [-0.25, -0.2) is 4.98 Å². The van der Waals surface area contributed by atoms with Crippen LogP contribution in [0.15, 0.2) is 34.2 Å². The highest BCUT2D eigenvalue weighted by Gasteiger charge is 2.06. The van der Waals surface area contributed by atoms with E-state index >= 15 is 0 Å². The summed E-state index contributed by atoms with van der Waals surface area (Å²) in [6.07, 6.45) is 1.75. The smallest absolute Gasteiger partial charge is 0.230 e. The summed E-state index contributed by atoms with van der Waals surface area (Å²) in [5, 5.41) is 11.3. The van der Waals surface area contributed by atoms with E-state index in [1.54, 1.807) is 12.1 Å². The maximum Gasteiger partial charge on any atom is 0.230 e. The number of thiophene rings is 1. The summed E-state index contributed by atoms with van der Waals surface area (Å²) in [7, 11) is 0. The van der Waals surface area contributed by atoms with Gasteiger partial charge in [0.2, 0.25) is 5.91 Å². The van der Waals surface area contributed by atoms with E-state index in [2.05, 4.69) is 26.2 Å². The maximum atomic E-state index is 11.7. The van der Waals surface area contributed by atoms with Crippen LogP contribution in [-0.4, -0.2) is 10.9 Å². The molecule has 1 N–H and O–H groups in total. The van der Waals surface area contributed by atoms with Gasteiger partial charge < -0.3 is 5.32 Å². The molecule has 0 radical (unpaired) electrons. The minimum absolute atomic E-state index is 0.124. The number of carbonyl (C=O) groups excluding carboxylic acids is 1. The molecule has 0 aliphatic heterocycles. The number of carbonyl (C=O) groups is 1. The molecule has 0 saturated heterocycles. The quantitative estimate of drug-likeness (QED) is 0.945. The molecule has 6 heteroatoms. The molecule has 2 aromatic heterocycles. The van der Waals surface area contributed by atoms with Crippen molar-refractivity contribution in [3.63, 3.8) is 0 Å². The molecule has 90 valence electrons. The Hall–Kier alpha value is -1.71. The van der Waals surface area contributed by atoms with Crippen molar-refractivity contribution in [1.29, 1.82) is 5.26 Å². The minimum Gasteiger partial charge on any atom is -0.310 e. The van der Waals surface area contributed by atoms with Gasteiger partial charge in [-0.1, -0.05) is 0 Å². The number of nitrogens with one attached hydrogen (secondary N) is 1. The molecule has 1 amide bonds. The Morgan fingerprint density at radius 2 is 2.28 bits per heavy atom. The van der Waals surface area contributed by atoms with E-state index in [1.165, 1.54) is 17.5 Å². The largest absolute Gasteiger partial charge is 0.310 e. The van der Waals surface area contributed by atoms with Gasteiger partial charge in [0.15, 0.2) is 0 Å². The molecule has 0 aliphatic carbocycles. The number of rotatable bonds is 3. The molecule has 0 aromatic carbocycles. The lowest BCUT2D eigenvalue weighted by molar-refractivity contribution is -0.115. The van der Waals surface area contributed by atoms with Gasteiger partial charge in [0, 0.05) is 11.1 Å². The Kier molecular flexibility index (Phi) is 4.07. The molecule has 18 heavy (non-hydrogen) atoms. The first-order chi connectivity index (χ1) is 8.67. The third-order valence-corrected chi connectivity index (χ3v) is 3.75. The highest BCUT2D eigenvalue weighted by atomic mass is 79.9. The molecule has 2 heterocycles. The molecule has 0 aliphatic rings. The SMILES string of the molecule is N#Cc1ccc(NC(=O)Cc2ccc(Br)s2)nc1. The lowest BCUT2D eigenvalue weighted by Gasteiger charge is -2.02. The van der Waals surface area contributed by atoms with Crippen LogP contribution >= 0.6 is 27.3 Å². The van der Waals surface area contributed by atoms with Gasteiger partial charge in [0.25, 0.3) is 0 Å². The summed E-state index contributed by atoms with van der Waals surface area (Å²) in [6, 6.07) is 9.01. The second-order valence-electron chi connectivity index (χ2n) is 3.47. The van der Waals surface area contributed by atoms with Crippen LogP contribution in [0.3, 0.4) is 0 Å². The number of nitriles is 1. The molecular formula is C12H8BrN3OS. The predicted octanol–water partition coefficient (Wildman–Crippen LogP) is 2.96. The third kappa shape index (κ3) is 3.39. The Morgan fingerprint density at radius 1 is 1.44 bits per heavy atom. The van der Waals surface area contributed by atoms with E-state index in [0.717, 1.165) is 8.66 Å². The first-order valence-electron chi connectivity index (χ1n) is 5.07. The fourth-order valence-corrected chi connectivity index (χ4v) is 2.81. The van der Waals surface area contributed by atoms with Gasteiger partial charge in [-0.15, -0.1) is 11.3 Å². The molecule has 4 nitrogen and oxygen atoms in total. The number of nitrogens with zero attached hydrogens (tertiary/aromatic N) is 2. The van der Waals surface area contributed by atoms with Crippen molar-refractivity contribution < 1.29 is 4.79 Å². The Bertz CT molecular complexity index is 601. The molecule has 2 aromatic rings. The van der Waals surface area contributed by atoms with Crippen LogP contribution in [0.25, 0.3) is 0 Å². The molecule has 0 unspecified atom stereocenters. The van der Waals surface area contributed by atoms with Gasteiger partial charge in [-0.05, 0) is 40.2 Å². The third-order valence-electron chi connectivity index (χ3n) is 2.12. The van der Waals surface area contributed by atoms with Crippen LogP contribution < -0.4 is 5.32 Å². The van der Waals surface area contributed by atoms with Crippen LogP contribution in [0.2, 0.25) is 0 Å². The average Bonchev–Trinajstić information content (AvgIpc) is 2.75. The summed E-state index contributed by atoms with van der Waals surface area (Å²) < 4.78 is 1.00. The molecule has 0 atom stereocenters. The Morgan fingerprint density at radius 3 is 2.83 bits per heavy atom. The number of hydrogen-bond acceptors (Lipinski definition) is 4. The highest BCUT2D eigenvalue weighted by Crippen LogP contribution is 2.22. The maximum absolute atomic E-state index is 11.7. The standard InChI is InChI=1S/C12H8BrN3OS/c13-10-3-2-9(18-10)5-12(17)16-11-4-1-8(6-14)7-15-11/h1-4,7H,5H2,(H,15,16,17). The van der Waals surface area contributed by atoms with Crippen LogP contribution in [0, 0.1) is 11.3 Å². The lowest BCUT2D eigenvalue weighted by atomic mass is 10.3. The van der Waals surface area contributed by atoms with Crippen molar-refractivity contribution in [3.05, 3.63) is 44.7 Å². The Labute approximate surface area is 116 Å². The number of hydrogen-bond donors (Lipinski definition) is 1. The molecule has 2 rings (SSSR count). The predicted molar refractivity (Wildman–Crippen MR) is 73.3 cm³/mol. The van der Waals surface area contributed by atoms with E-state index in [1.807, 2.05) is 18.2 Å². The topological polar surface area (TPSA) is 65.8 Å². The zero-order valence-corrected chi connectivity index (χ0v) is 11.6. The normalized spacial score (nSPS) is 9.78. The van der Waals surface area contributed by atoms with Crippen molar-refractivity contribution in [2.75, 3.05) is 5.32 Å². The molecule has 0 bridgehead atoms. The number of amides is 1. The first kappa shape index (κ1) is 12.7. The second-order valence-corrected chi connectivity index (χ2v) is 6.02. The molecule has 0 fully saturated rings. The van der Waals surface area contributed by atoms with E-state index in [-0.39, 0.29) is 5.91 Å². The van der Waals surface area contributed by atoms with E-state index in [9.17, 15) is 4.79 Å². The van der Waals surface area contributed by atoms with Gasteiger partial charge in [0.1, 0.15) is 11.9 Å². The first-order valence-corrected chi connectivity index (χ1v) is 6.68. The number of pyridine rings is 1. The summed E-state index contributed by atoms with van der Waals surface area (Å²) in [5.74, 6) is 0.330. The van der Waals surface area contributed by atoms with Crippen molar-refractivity contribution >= 4 is 39.0 Å². The molecule has 0 saturated carbocycles. The zero-order chi connectivity index (χ0) is 13.0. The van der Waals surface area contributed by atoms with Gasteiger partial charge in [-0.3, -0.25) is 4.79 Å². The second kappa shape index (κ2) is 5.76. The molecular weight excluding hydrogens is 314 g/mol. The fraction of sp³-hybridized carbons (Fsp3) is 0.0833. The average molecular weight is 322 g/mol. The number of aromatic nitrogens is 1. The fourth-order valence-electron chi connectivity index (χ4n) is 1.33. The van der Waals surface area contributed by atoms with E-state index < -0.39 is 0 Å². The van der Waals surface area contributed by atoms with Crippen molar-refractivity contribution in [3.8, 4) is 6.07 Å². The summed E-state index contributed by atoms with van der Waals surface area (Å²) in [5.41, 5.74) is 0.468. The van der Waals surface area contributed by atoms with Crippen molar-refractivity contribution in [2.45, 2.75) is 6.42 Å². The van der Waals surface area contributed by atoms with Gasteiger partial charge in [0.05, 0.1) is 15.8 Å². The summed E-state index contributed by atoms with van der Waals surface area (Å²) >= 11 is 4.87. The highest BCUT2D eigenvalue weighted by molar-refractivity contribution is 9.11. The van der Waals surface area contributed by atoms with Crippen molar-refractivity contribution in [1.82, 2.24) is 4.98 Å². The van der Waals surface area contributed by atoms with E-state index in [4.69, 9.17) is 5.26 Å². The number of anilines is 1. The zero-order valence-electron chi connectivity index (χ0n) is 9.18. The van der Waals surface area contributed by atoms with Crippen LogP contribution in [-0.2, 0) is 11.2 Å². The van der Waals surface area contributed by atoms with E-state index in [0.29, 0.717) is 17.8 Å². The summed E-state index contributed by atoms with van der Waals surface area (Å²) in [4.78, 5) is 16.7. The summed E-state index contributed by atoms with van der Waals surface area (Å²) in [6.45, 7) is 0. The van der Waals surface area contributed by atoms with Crippen LogP contribution in [0.5, 0.6) is 0 Å². The van der Waals surface area contributed by atoms with Gasteiger partial charge in [-0.2, -0.15) is 5.26 Å². The Balaban J connectivity index is 1.96. The number of halogens is 1.